The topological polar surface area (TPSA) is 55.8 Å². The zero-order valence-electron chi connectivity index (χ0n) is 11.7. The number of rotatable bonds is 6. The van der Waals surface area contributed by atoms with E-state index in [9.17, 15) is 9.67 Å². The van der Waals surface area contributed by atoms with Crippen LogP contribution >= 0.6 is 7.60 Å². The van der Waals surface area contributed by atoms with Crippen LogP contribution in [0.15, 0.2) is 11.4 Å². The second kappa shape index (κ2) is 6.69. The van der Waals surface area contributed by atoms with Crippen LogP contribution in [0.4, 0.5) is 0 Å². The predicted octanol–water partition coefficient (Wildman–Crippen LogP) is 3.56. The van der Waals surface area contributed by atoms with Gasteiger partial charge in [0.2, 0.25) is 0 Å². The maximum atomic E-state index is 12.6. The lowest BCUT2D eigenvalue weighted by Crippen LogP contribution is -2.28. The van der Waals surface area contributed by atoms with Crippen molar-refractivity contribution in [2.24, 2.45) is 5.41 Å². The van der Waals surface area contributed by atoms with Gasteiger partial charge in [-0.05, 0) is 26.2 Å². The predicted molar refractivity (Wildman–Crippen MR) is 70.1 cm³/mol. The van der Waals surface area contributed by atoms with Crippen molar-refractivity contribution < 1.29 is 18.7 Å². The van der Waals surface area contributed by atoms with Crippen LogP contribution in [0.2, 0.25) is 0 Å². The van der Waals surface area contributed by atoms with Crippen molar-refractivity contribution >= 4 is 7.60 Å². The highest BCUT2D eigenvalue weighted by Crippen LogP contribution is 2.58. The molecular formula is C12H25O4P. The highest BCUT2D eigenvalue weighted by Gasteiger charge is 2.38. The molecule has 17 heavy (non-hydrogen) atoms. The molecule has 0 amide bonds. The Labute approximate surface area is 105 Å². The highest BCUT2D eigenvalue weighted by molar-refractivity contribution is 7.58. The van der Waals surface area contributed by atoms with Crippen LogP contribution in [-0.2, 0) is 13.6 Å². The van der Waals surface area contributed by atoms with Crippen LogP contribution in [0.25, 0.3) is 0 Å². The lowest BCUT2D eigenvalue weighted by Gasteiger charge is -2.31. The molecule has 1 N–H and O–H groups in total. The molecule has 0 aliphatic carbocycles. The highest BCUT2D eigenvalue weighted by atomic mass is 31.2. The maximum absolute atomic E-state index is 12.6. The summed E-state index contributed by atoms with van der Waals surface area (Å²) in [4.78, 5) is 0. The number of hydrogen-bond donors (Lipinski definition) is 1. The number of allylic oxidation sites excluding steroid dienone is 1. The molecule has 0 spiro atoms. The molecule has 0 aromatic carbocycles. The maximum Gasteiger partial charge on any atom is 0.359 e. The quantitative estimate of drug-likeness (QED) is 0.745. The smallest absolute Gasteiger partial charge is 0.359 e. The van der Waals surface area contributed by atoms with E-state index in [1.807, 2.05) is 20.8 Å². The van der Waals surface area contributed by atoms with E-state index in [2.05, 4.69) is 0 Å². The molecule has 102 valence electrons. The summed E-state index contributed by atoms with van der Waals surface area (Å²) in [5.74, 6) is 0. The number of aliphatic hydroxyl groups is 1. The Kier molecular flexibility index (Phi) is 6.64. The molecule has 0 aromatic heterocycles. The standard InChI is InChI=1S/C12H25O4P/c1-7-10(11(13)12(4,5)6)17(14,15-8-2)16-9-3/h7,11,13H,8-9H2,1-6H3/b10-7-. The molecule has 5 heteroatoms. The molecule has 0 bridgehead atoms. The lowest BCUT2D eigenvalue weighted by atomic mass is 9.89. The Balaban J connectivity index is 5.27. The van der Waals surface area contributed by atoms with Gasteiger partial charge in [-0.25, -0.2) is 0 Å². The molecule has 0 saturated carbocycles. The molecule has 0 saturated heterocycles. The summed E-state index contributed by atoms with van der Waals surface area (Å²) in [5, 5.41) is 10.6. The van der Waals surface area contributed by atoms with Gasteiger partial charge in [0.05, 0.1) is 24.6 Å². The summed E-state index contributed by atoms with van der Waals surface area (Å²) in [6.07, 6.45) is 0.776. The fraction of sp³-hybridized carbons (Fsp3) is 0.833. The average molecular weight is 264 g/mol. The molecule has 1 unspecified atom stereocenters. The summed E-state index contributed by atoms with van der Waals surface area (Å²) in [7, 11) is -3.37. The fourth-order valence-electron chi connectivity index (χ4n) is 1.44. The van der Waals surface area contributed by atoms with Crippen LogP contribution in [0.3, 0.4) is 0 Å². The zero-order valence-corrected chi connectivity index (χ0v) is 12.6. The van der Waals surface area contributed by atoms with E-state index in [4.69, 9.17) is 9.05 Å². The van der Waals surface area contributed by atoms with E-state index in [-0.39, 0.29) is 13.2 Å². The minimum absolute atomic E-state index is 0.283. The number of aliphatic hydroxyl groups excluding tert-OH is 1. The van der Waals surface area contributed by atoms with Crippen molar-refractivity contribution in [3.05, 3.63) is 11.4 Å². The first-order valence-corrected chi connectivity index (χ1v) is 7.51. The van der Waals surface area contributed by atoms with Crippen molar-refractivity contribution in [3.8, 4) is 0 Å². The molecule has 0 radical (unpaired) electrons. The monoisotopic (exact) mass is 264 g/mol. The van der Waals surface area contributed by atoms with Gasteiger partial charge in [0.25, 0.3) is 0 Å². The Hall–Kier alpha value is -0.150. The van der Waals surface area contributed by atoms with E-state index >= 15 is 0 Å². The molecule has 0 aliphatic rings. The molecule has 0 fully saturated rings. The van der Waals surface area contributed by atoms with Gasteiger partial charge < -0.3 is 14.2 Å². The molecule has 0 aromatic rings. The van der Waals surface area contributed by atoms with Gasteiger partial charge in [-0.15, -0.1) is 0 Å². The van der Waals surface area contributed by atoms with Gasteiger partial charge in [-0.2, -0.15) is 0 Å². The van der Waals surface area contributed by atoms with Crippen LogP contribution in [0.5, 0.6) is 0 Å². The SMILES string of the molecule is C/C=C(/C(O)C(C)(C)C)P(=O)(OCC)OCC. The van der Waals surface area contributed by atoms with Gasteiger partial charge in [-0.1, -0.05) is 26.8 Å². The fourth-order valence-corrected chi connectivity index (χ4v) is 3.49. The Morgan fingerprint density at radius 3 is 1.94 bits per heavy atom. The third-order valence-electron chi connectivity index (χ3n) is 2.31. The lowest BCUT2D eigenvalue weighted by molar-refractivity contribution is 0.0945. The zero-order chi connectivity index (χ0) is 13.7. The molecule has 4 nitrogen and oxygen atoms in total. The Morgan fingerprint density at radius 1 is 1.29 bits per heavy atom. The van der Waals surface area contributed by atoms with Gasteiger partial charge in [0.1, 0.15) is 0 Å². The first kappa shape index (κ1) is 16.9. The van der Waals surface area contributed by atoms with E-state index < -0.39 is 19.1 Å². The summed E-state index contributed by atoms with van der Waals surface area (Å²) in [6.45, 7) is 11.4. The van der Waals surface area contributed by atoms with Crippen molar-refractivity contribution in [2.75, 3.05) is 13.2 Å². The van der Waals surface area contributed by atoms with Crippen LogP contribution in [-0.4, -0.2) is 24.4 Å². The minimum atomic E-state index is -3.37. The van der Waals surface area contributed by atoms with E-state index in [0.717, 1.165) is 0 Å². The molecule has 0 aliphatic heterocycles. The second-order valence-corrected chi connectivity index (χ2v) is 6.84. The second-order valence-electron chi connectivity index (χ2n) is 4.82. The van der Waals surface area contributed by atoms with Crippen molar-refractivity contribution in [1.82, 2.24) is 0 Å². The van der Waals surface area contributed by atoms with Crippen molar-refractivity contribution in [3.63, 3.8) is 0 Å². The minimum Gasteiger partial charge on any atom is -0.388 e. The third kappa shape index (κ3) is 4.55. The summed E-state index contributed by atoms with van der Waals surface area (Å²) < 4.78 is 23.0. The van der Waals surface area contributed by atoms with E-state index in [0.29, 0.717) is 5.31 Å². The normalized spacial score (nSPS) is 16.1. The molecule has 0 rings (SSSR count). The molecular weight excluding hydrogens is 239 g/mol. The summed E-state index contributed by atoms with van der Waals surface area (Å²) in [5.41, 5.74) is -0.411. The summed E-state index contributed by atoms with van der Waals surface area (Å²) >= 11 is 0. The van der Waals surface area contributed by atoms with Gasteiger partial charge in [-0.3, -0.25) is 4.57 Å². The average Bonchev–Trinajstić information content (AvgIpc) is 2.17. The number of hydrogen-bond acceptors (Lipinski definition) is 4. The van der Waals surface area contributed by atoms with E-state index in [1.54, 1.807) is 26.8 Å². The van der Waals surface area contributed by atoms with Gasteiger partial charge >= 0.3 is 7.60 Å². The van der Waals surface area contributed by atoms with Crippen LogP contribution < -0.4 is 0 Å². The first-order valence-electron chi connectivity index (χ1n) is 5.96. The summed E-state index contributed by atoms with van der Waals surface area (Å²) in [6, 6.07) is 0. The van der Waals surface area contributed by atoms with Crippen molar-refractivity contribution in [1.29, 1.82) is 0 Å². The molecule has 1 atom stereocenters. The first-order chi connectivity index (χ1) is 7.72. The largest absolute Gasteiger partial charge is 0.388 e. The van der Waals surface area contributed by atoms with E-state index in [1.165, 1.54) is 0 Å². The van der Waals surface area contributed by atoms with Crippen LogP contribution in [0, 0.1) is 5.41 Å². The van der Waals surface area contributed by atoms with Gasteiger partial charge in [0, 0.05) is 0 Å². The van der Waals surface area contributed by atoms with Crippen LogP contribution in [0.1, 0.15) is 41.5 Å². The Morgan fingerprint density at radius 2 is 1.71 bits per heavy atom. The van der Waals surface area contributed by atoms with Gasteiger partial charge in [0.15, 0.2) is 0 Å². The Bertz CT molecular complexity index is 294. The molecule has 0 heterocycles. The third-order valence-corrected chi connectivity index (χ3v) is 4.64. The van der Waals surface area contributed by atoms with Crippen molar-refractivity contribution in [2.45, 2.75) is 47.6 Å².